The summed E-state index contributed by atoms with van der Waals surface area (Å²) < 4.78 is 27.0. The molecule has 160 valence electrons. The Morgan fingerprint density at radius 2 is 1.55 bits per heavy atom. The van der Waals surface area contributed by atoms with Crippen LogP contribution in [-0.2, 0) is 17.9 Å². The van der Waals surface area contributed by atoms with Crippen LogP contribution in [0.1, 0.15) is 11.1 Å². The lowest BCUT2D eigenvalue weighted by molar-refractivity contribution is 0.0126. The van der Waals surface area contributed by atoms with Gasteiger partial charge in [-0.3, -0.25) is 4.90 Å². The molecule has 7 nitrogen and oxygen atoms in total. The van der Waals surface area contributed by atoms with Gasteiger partial charge < -0.3 is 28.8 Å². The molecule has 0 bridgehead atoms. The van der Waals surface area contributed by atoms with Crippen LogP contribution in [-0.4, -0.2) is 64.7 Å². The monoisotopic (exact) mass is 405 g/mol. The van der Waals surface area contributed by atoms with Crippen LogP contribution in [0.2, 0.25) is 0 Å². The predicted octanol–water partition coefficient (Wildman–Crippen LogP) is 2.73. The van der Waals surface area contributed by atoms with Gasteiger partial charge in [0.1, 0.15) is 5.75 Å². The molecule has 0 heterocycles. The summed E-state index contributed by atoms with van der Waals surface area (Å²) in [6.45, 7) is 1.73. The first kappa shape index (κ1) is 22.8. The molecule has 0 radical (unpaired) electrons. The molecule has 0 amide bonds. The van der Waals surface area contributed by atoms with Gasteiger partial charge in [-0.05, 0) is 30.8 Å². The molecule has 2 aromatic carbocycles. The van der Waals surface area contributed by atoms with Crippen molar-refractivity contribution >= 4 is 0 Å². The lowest BCUT2D eigenvalue weighted by atomic mass is 10.1. The molecule has 29 heavy (non-hydrogen) atoms. The Hall–Kier alpha value is -2.48. The van der Waals surface area contributed by atoms with E-state index in [9.17, 15) is 5.11 Å². The van der Waals surface area contributed by atoms with E-state index in [4.69, 9.17) is 23.7 Å². The fourth-order valence-electron chi connectivity index (χ4n) is 3.09. The van der Waals surface area contributed by atoms with E-state index in [2.05, 4.69) is 0 Å². The number of hydrogen-bond acceptors (Lipinski definition) is 7. The molecule has 2 rings (SSSR count). The molecule has 0 aromatic heterocycles. The van der Waals surface area contributed by atoms with E-state index in [-0.39, 0.29) is 6.61 Å². The minimum atomic E-state index is -0.607. The molecule has 1 atom stereocenters. The molecular formula is C22H31NO6. The van der Waals surface area contributed by atoms with E-state index in [0.29, 0.717) is 36.9 Å². The minimum Gasteiger partial charge on any atom is -0.497 e. The zero-order chi connectivity index (χ0) is 21.2. The first-order valence-electron chi connectivity index (χ1n) is 9.37. The van der Waals surface area contributed by atoms with Crippen molar-refractivity contribution in [3.05, 3.63) is 47.5 Å². The highest BCUT2D eigenvalue weighted by molar-refractivity contribution is 5.55. The quantitative estimate of drug-likeness (QED) is 0.582. The van der Waals surface area contributed by atoms with Gasteiger partial charge >= 0.3 is 0 Å². The maximum Gasteiger partial charge on any atom is 0.203 e. The number of likely N-dealkylation sites (N-methyl/N-ethyl adjacent to an activating group) is 1. The summed E-state index contributed by atoms with van der Waals surface area (Å²) in [6, 6.07) is 11.4. The van der Waals surface area contributed by atoms with Crippen LogP contribution >= 0.6 is 0 Å². The zero-order valence-electron chi connectivity index (χ0n) is 17.8. The van der Waals surface area contributed by atoms with Gasteiger partial charge in [-0.25, -0.2) is 0 Å². The lowest BCUT2D eigenvalue weighted by Gasteiger charge is -2.23. The van der Waals surface area contributed by atoms with E-state index in [1.165, 1.54) is 0 Å². The third-order valence-electron chi connectivity index (χ3n) is 4.49. The maximum atomic E-state index is 10.3. The SMILES string of the molecule is COc1ccc(COCC(O)CN(C)Cc2ccc(OC)c(OC)c2OC)cc1. The average molecular weight is 405 g/mol. The summed E-state index contributed by atoms with van der Waals surface area (Å²) in [5.41, 5.74) is 1.97. The summed E-state index contributed by atoms with van der Waals surface area (Å²) in [4.78, 5) is 2.01. The van der Waals surface area contributed by atoms with E-state index in [1.807, 2.05) is 48.3 Å². The lowest BCUT2D eigenvalue weighted by Crippen LogP contribution is -2.32. The number of ether oxygens (including phenoxy) is 5. The van der Waals surface area contributed by atoms with Crippen molar-refractivity contribution in [3.8, 4) is 23.0 Å². The zero-order valence-corrected chi connectivity index (χ0v) is 17.8. The second-order valence-corrected chi connectivity index (χ2v) is 6.71. The van der Waals surface area contributed by atoms with Crippen molar-refractivity contribution < 1.29 is 28.8 Å². The number of rotatable bonds is 12. The Balaban J connectivity index is 1.85. The summed E-state index contributed by atoms with van der Waals surface area (Å²) in [7, 11) is 8.34. The highest BCUT2D eigenvalue weighted by Crippen LogP contribution is 2.40. The molecule has 1 unspecified atom stereocenters. The Labute approximate surface area is 172 Å². The van der Waals surface area contributed by atoms with Crippen molar-refractivity contribution in [1.82, 2.24) is 4.90 Å². The number of methoxy groups -OCH3 is 4. The average Bonchev–Trinajstić information content (AvgIpc) is 2.73. The van der Waals surface area contributed by atoms with Crippen molar-refractivity contribution in [2.75, 3.05) is 48.6 Å². The fraction of sp³-hybridized carbons (Fsp3) is 0.455. The van der Waals surface area contributed by atoms with Crippen LogP contribution in [0, 0.1) is 0 Å². The molecule has 2 aromatic rings. The predicted molar refractivity (Wildman–Crippen MR) is 111 cm³/mol. The van der Waals surface area contributed by atoms with Gasteiger partial charge in [-0.2, -0.15) is 0 Å². The second-order valence-electron chi connectivity index (χ2n) is 6.71. The summed E-state index contributed by atoms with van der Waals surface area (Å²) >= 11 is 0. The molecule has 0 saturated heterocycles. The van der Waals surface area contributed by atoms with Crippen LogP contribution in [0.3, 0.4) is 0 Å². The van der Waals surface area contributed by atoms with Crippen LogP contribution < -0.4 is 18.9 Å². The largest absolute Gasteiger partial charge is 0.497 e. The van der Waals surface area contributed by atoms with Gasteiger partial charge in [0.25, 0.3) is 0 Å². The normalized spacial score (nSPS) is 12.0. The Kier molecular flexibility index (Phi) is 9.05. The van der Waals surface area contributed by atoms with Gasteiger partial charge in [0, 0.05) is 18.7 Å². The first-order valence-corrected chi connectivity index (χ1v) is 9.37. The van der Waals surface area contributed by atoms with E-state index >= 15 is 0 Å². The maximum absolute atomic E-state index is 10.3. The van der Waals surface area contributed by atoms with Crippen LogP contribution in [0.15, 0.2) is 36.4 Å². The van der Waals surface area contributed by atoms with Gasteiger partial charge in [0.2, 0.25) is 5.75 Å². The van der Waals surface area contributed by atoms with Crippen molar-refractivity contribution in [2.45, 2.75) is 19.3 Å². The van der Waals surface area contributed by atoms with E-state index in [1.54, 1.807) is 28.4 Å². The highest BCUT2D eigenvalue weighted by atomic mass is 16.5. The van der Waals surface area contributed by atoms with Gasteiger partial charge in [-0.15, -0.1) is 0 Å². The van der Waals surface area contributed by atoms with Crippen molar-refractivity contribution in [3.63, 3.8) is 0 Å². The summed E-state index contributed by atoms with van der Waals surface area (Å²) in [6.07, 6.45) is -0.607. The molecule has 0 saturated carbocycles. The third-order valence-corrected chi connectivity index (χ3v) is 4.49. The topological polar surface area (TPSA) is 69.6 Å². The Morgan fingerprint density at radius 3 is 2.14 bits per heavy atom. The second kappa shape index (κ2) is 11.5. The number of benzene rings is 2. The number of nitrogens with zero attached hydrogens (tertiary/aromatic N) is 1. The molecule has 0 fully saturated rings. The molecule has 0 aliphatic rings. The summed E-state index contributed by atoms with van der Waals surface area (Å²) in [5, 5.41) is 10.3. The standard InChI is InChI=1S/C22H31NO6/c1-23(12-17-8-11-20(26-3)22(28-5)21(17)27-4)13-18(24)15-29-14-16-6-9-19(25-2)10-7-16/h6-11,18,24H,12-15H2,1-5H3. The molecule has 0 spiro atoms. The highest BCUT2D eigenvalue weighted by Gasteiger charge is 2.18. The van der Waals surface area contributed by atoms with Crippen molar-refractivity contribution in [2.24, 2.45) is 0 Å². The number of hydrogen-bond donors (Lipinski definition) is 1. The van der Waals surface area contributed by atoms with E-state index in [0.717, 1.165) is 16.9 Å². The molecule has 7 heteroatoms. The fourth-order valence-corrected chi connectivity index (χ4v) is 3.09. The van der Waals surface area contributed by atoms with Crippen LogP contribution in [0.5, 0.6) is 23.0 Å². The smallest absolute Gasteiger partial charge is 0.203 e. The van der Waals surface area contributed by atoms with Crippen LogP contribution in [0.25, 0.3) is 0 Å². The summed E-state index contributed by atoms with van der Waals surface area (Å²) in [5.74, 6) is 2.61. The Morgan fingerprint density at radius 1 is 0.862 bits per heavy atom. The van der Waals surface area contributed by atoms with Gasteiger partial charge in [0.15, 0.2) is 11.5 Å². The molecule has 0 aliphatic carbocycles. The van der Waals surface area contributed by atoms with E-state index < -0.39 is 6.10 Å². The first-order chi connectivity index (χ1) is 14.0. The van der Waals surface area contributed by atoms with Crippen LogP contribution in [0.4, 0.5) is 0 Å². The number of aliphatic hydroxyl groups excluding tert-OH is 1. The van der Waals surface area contributed by atoms with Gasteiger partial charge in [0.05, 0.1) is 47.8 Å². The Bertz CT molecular complexity index is 750. The third kappa shape index (κ3) is 6.52. The molecule has 1 N–H and O–H groups in total. The number of aliphatic hydroxyl groups is 1. The molecular weight excluding hydrogens is 374 g/mol. The van der Waals surface area contributed by atoms with Gasteiger partial charge in [-0.1, -0.05) is 18.2 Å². The molecule has 0 aliphatic heterocycles. The van der Waals surface area contributed by atoms with Crippen molar-refractivity contribution in [1.29, 1.82) is 0 Å². The minimum absolute atomic E-state index is 0.249.